The Morgan fingerprint density at radius 3 is 2.68 bits per heavy atom. The Bertz CT molecular complexity index is 494. The molecule has 2 aliphatic heterocycles. The molecule has 0 spiro atoms. The van der Waals surface area contributed by atoms with E-state index in [2.05, 4.69) is 18.2 Å². The van der Waals surface area contributed by atoms with Gasteiger partial charge in [0.15, 0.2) is 0 Å². The van der Waals surface area contributed by atoms with E-state index in [0.29, 0.717) is 30.3 Å². The van der Waals surface area contributed by atoms with Crippen LogP contribution in [-0.4, -0.2) is 24.8 Å². The van der Waals surface area contributed by atoms with Gasteiger partial charge in [-0.2, -0.15) is 5.26 Å². The van der Waals surface area contributed by atoms with Crippen molar-refractivity contribution in [2.24, 2.45) is 35.5 Å². The quantitative estimate of drug-likeness (QED) is 0.557. The fourth-order valence-corrected chi connectivity index (χ4v) is 4.92. The van der Waals surface area contributed by atoms with E-state index in [0.717, 1.165) is 0 Å². The predicted molar refractivity (Wildman–Crippen MR) is 65.6 cm³/mol. The van der Waals surface area contributed by atoms with Gasteiger partial charge in [0.1, 0.15) is 5.92 Å². The molecule has 4 heteroatoms. The second-order valence-electron chi connectivity index (χ2n) is 6.10. The number of nitrogens with zero attached hydrogens (tertiary/aromatic N) is 1. The highest BCUT2D eigenvalue weighted by molar-refractivity contribution is 5.75. The van der Waals surface area contributed by atoms with Gasteiger partial charge in [-0.15, -0.1) is 0 Å². The summed E-state index contributed by atoms with van der Waals surface area (Å²) in [5.74, 6) is 1.05. The largest absolute Gasteiger partial charge is 0.466 e. The Morgan fingerprint density at radius 2 is 2.05 bits per heavy atom. The van der Waals surface area contributed by atoms with E-state index >= 15 is 0 Å². The van der Waals surface area contributed by atoms with Crippen LogP contribution in [0.15, 0.2) is 12.2 Å². The number of nitriles is 1. The molecule has 0 N–H and O–H groups in total. The zero-order valence-electron chi connectivity index (χ0n) is 10.9. The number of esters is 1. The van der Waals surface area contributed by atoms with Crippen molar-refractivity contribution >= 4 is 5.97 Å². The third kappa shape index (κ3) is 1.29. The first-order chi connectivity index (χ1) is 9.26. The highest BCUT2D eigenvalue weighted by Gasteiger charge is 2.68. The maximum atomic E-state index is 12.1. The lowest BCUT2D eigenvalue weighted by atomic mass is 9.65. The van der Waals surface area contributed by atoms with Gasteiger partial charge in [0, 0.05) is 0 Å². The fraction of sp³-hybridized carbons (Fsp3) is 0.733. The van der Waals surface area contributed by atoms with Gasteiger partial charge >= 0.3 is 5.97 Å². The average Bonchev–Trinajstić information content (AvgIpc) is 3.14. The molecule has 0 aromatic rings. The second kappa shape index (κ2) is 3.83. The molecule has 8 unspecified atom stereocenters. The van der Waals surface area contributed by atoms with Gasteiger partial charge in [-0.3, -0.25) is 4.79 Å². The third-order valence-corrected chi connectivity index (χ3v) is 5.46. The van der Waals surface area contributed by atoms with Crippen molar-refractivity contribution in [1.82, 2.24) is 0 Å². The maximum Gasteiger partial charge on any atom is 0.313 e. The van der Waals surface area contributed by atoms with E-state index in [9.17, 15) is 10.1 Å². The van der Waals surface area contributed by atoms with Crippen LogP contribution in [0.25, 0.3) is 0 Å². The lowest BCUT2D eigenvalue weighted by Gasteiger charge is -2.34. The number of carbonyl (C=O) groups is 1. The number of carbonyl (C=O) groups excluding carboxylic acids is 1. The molecule has 1 saturated carbocycles. The Kier molecular flexibility index (Phi) is 2.32. The zero-order chi connectivity index (χ0) is 13.1. The Hall–Kier alpha value is -1.34. The summed E-state index contributed by atoms with van der Waals surface area (Å²) in [5.41, 5.74) is 0. The monoisotopic (exact) mass is 259 g/mol. The predicted octanol–water partition coefficient (Wildman–Crippen LogP) is 1.52. The minimum Gasteiger partial charge on any atom is -0.466 e. The molecule has 0 aromatic carbocycles. The van der Waals surface area contributed by atoms with Crippen LogP contribution in [0.1, 0.15) is 13.3 Å². The molecule has 0 aromatic heterocycles. The summed E-state index contributed by atoms with van der Waals surface area (Å²) in [6.45, 7) is 2.17. The van der Waals surface area contributed by atoms with Crippen molar-refractivity contribution in [3.8, 4) is 6.07 Å². The summed E-state index contributed by atoms with van der Waals surface area (Å²) in [6.07, 6.45) is 5.58. The number of fused-ring (bicyclic) bond motifs is 9. The van der Waals surface area contributed by atoms with Gasteiger partial charge in [0.25, 0.3) is 0 Å². The summed E-state index contributed by atoms with van der Waals surface area (Å²) < 4.78 is 11.2. The summed E-state index contributed by atoms with van der Waals surface area (Å²) in [7, 11) is 0. The molecule has 19 heavy (non-hydrogen) atoms. The maximum absolute atomic E-state index is 12.1. The van der Waals surface area contributed by atoms with E-state index in [4.69, 9.17) is 9.47 Å². The van der Waals surface area contributed by atoms with Gasteiger partial charge in [-0.05, 0) is 37.0 Å². The highest BCUT2D eigenvalue weighted by Crippen LogP contribution is 2.63. The molecule has 100 valence electrons. The fourth-order valence-electron chi connectivity index (χ4n) is 4.92. The summed E-state index contributed by atoms with van der Waals surface area (Å²) in [5, 5.41) is 9.41. The van der Waals surface area contributed by atoms with E-state index in [1.165, 1.54) is 6.42 Å². The van der Waals surface area contributed by atoms with Gasteiger partial charge in [0.2, 0.25) is 0 Å². The topological polar surface area (TPSA) is 59.3 Å². The molecule has 2 saturated heterocycles. The molecule has 4 bridgehead atoms. The van der Waals surface area contributed by atoms with E-state index in [1.54, 1.807) is 6.92 Å². The molecule has 8 atom stereocenters. The molecule has 4 nitrogen and oxygen atoms in total. The van der Waals surface area contributed by atoms with Gasteiger partial charge in [-0.25, -0.2) is 0 Å². The first-order valence-corrected chi connectivity index (χ1v) is 7.16. The Morgan fingerprint density at radius 1 is 1.37 bits per heavy atom. The molecule has 4 rings (SSSR count). The number of ether oxygens (including phenoxy) is 2. The standard InChI is InChI=1S/C15H17NO3/c1-2-18-15(17)12-9(6-16)13-10-7-3-4-8(5-7)11(10)14(12)19-13/h3-4,7-14H,2,5H2,1H3. The molecule has 3 fully saturated rings. The summed E-state index contributed by atoms with van der Waals surface area (Å²) >= 11 is 0. The molecule has 4 aliphatic rings. The van der Waals surface area contributed by atoms with Crippen molar-refractivity contribution in [2.75, 3.05) is 6.61 Å². The van der Waals surface area contributed by atoms with E-state index in [-0.39, 0.29) is 30.0 Å². The molecule has 2 aliphatic carbocycles. The minimum absolute atomic E-state index is 0.0608. The van der Waals surface area contributed by atoms with Crippen LogP contribution in [0.2, 0.25) is 0 Å². The number of allylic oxidation sites excluding steroid dienone is 2. The smallest absolute Gasteiger partial charge is 0.313 e. The molecule has 0 radical (unpaired) electrons. The van der Waals surface area contributed by atoms with Crippen LogP contribution in [0.4, 0.5) is 0 Å². The van der Waals surface area contributed by atoms with Crippen LogP contribution in [0, 0.1) is 46.8 Å². The van der Waals surface area contributed by atoms with E-state index in [1.807, 2.05) is 0 Å². The number of hydrogen-bond acceptors (Lipinski definition) is 4. The first-order valence-electron chi connectivity index (χ1n) is 7.16. The number of rotatable bonds is 2. The Balaban J connectivity index is 1.67. The zero-order valence-corrected chi connectivity index (χ0v) is 10.9. The van der Waals surface area contributed by atoms with Crippen LogP contribution in [-0.2, 0) is 14.3 Å². The van der Waals surface area contributed by atoms with Crippen LogP contribution >= 0.6 is 0 Å². The highest BCUT2D eigenvalue weighted by atomic mass is 16.5. The van der Waals surface area contributed by atoms with Gasteiger partial charge < -0.3 is 9.47 Å². The van der Waals surface area contributed by atoms with Crippen molar-refractivity contribution in [1.29, 1.82) is 5.26 Å². The molecule has 0 amide bonds. The third-order valence-electron chi connectivity index (χ3n) is 5.46. The van der Waals surface area contributed by atoms with Crippen molar-refractivity contribution < 1.29 is 14.3 Å². The lowest BCUT2D eigenvalue weighted by Crippen LogP contribution is -2.44. The van der Waals surface area contributed by atoms with Crippen molar-refractivity contribution in [3.63, 3.8) is 0 Å². The molecular weight excluding hydrogens is 242 g/mol. The van der Waals surface area contributed by atoms with Gasteiger partial charge in [0.05, 0.1) is 30.8 Å². The van der Waals surface area contributed by atoms with E-state index < -0.39 is 0 Å². The van der Waals surface area contributed by atoms with Gasteiger partial charge in [-0.1, -0.05) is 12.2 Å². The minimum atomic E-state index is -0.371. The van der Waals surface area contributed by atoms with Crippen LogP contribution < -0.4 is 0 Å². The Labute approximate surface area is 112 Å². The van der Waals surface area contributed by atoms with Crippen molar-refractivity contribution in [3.05, 3.63) is 12.2 Å². The average molecular weight is 259 g/mol. The lowest BCUT2D eigenvalue weighted by molar-refractivity contribution is -0.151. The summed E-state index contributed by atoms with van der Waals surface area (Å²) in [4.78, 5) is 12.1. The molecular formula is C15H17NO3. The SMILES string of the molecule is CCOC(=O)C1C(C#N)C2OC1C1C3C=CC(C3)C21. The van der Waals surface area contributed by atoms with Crippen LogP contribution in [0.3, 0.4) is 0 Å². The molecule has 2 heterocycles. The first kappa shape index (κ1) is 11.5. The number of hydrogen-bond donors (Lipinski definition) is 0. The second-order valence-corrected chi connectivity index (χ2v) is 6.10. The normalized spacial score (nSPS) is 52.2. The van der Waals surface area contributed by atoms with Crippen LogP contribution in [0.5, 0.6) is 0 Å². The van der Waals surface area contributed by atoms with Crippen molar-refractivity contribution in [2.45, 2.75) is 25.6 Å². The summed E-state index contributed by atoms with van der Waals surface area (Å²) in [6, 6.07) is 2.31.